The molecule has 0 bridgehead atoms. The molecule has 2 aromatic carbocycles. The van der Waals surface area contributed by atoms with Crippen LogP contribution in [0.2, 0.25) is 0 Å². The van der Waals surface area contributed by atoms with Crippen molar-refractivity contribution in [2.75, 3.05) is 0 Å². The summed E-state index contributed by atoms with van der Waals surface area (Å²) in [5.74, 6) is -2.63. The molecule has 1 saturated heterocycles. The summed E-state index contributed by atoms with van der Waals surface area (Å²) in [5, 5.41) is 19.4. The number of nitro groups is 1. The molecule has 29 heavy (non-hydrogen) atoms. The van der Waals surface area contributed by atoms with Gasteiger partial charge >= 0.3 is 11.2 Å². The molecule has 1 fully saturated rings. The molecule has 0 atom stereocenters. The van der Waals surface area contributed by atoms with E-state index in [0.717, 1.165) is 12.1 Å². The maximum Gasteiger partial charge on any atom is 0.335 e. The number of imide groups is 1. The van der Waals surface area contributed by atoms with Crippen molar-refractivity contribution in [3.63, 3.8) is 0 Å². The molecule has 1 aliphatic heterocycles. The van der Waals surface area contributed by atoms with Gasteiger partial charge in [-0.05, 0) is 47.7 Å². The molecule has 11 heteroatoms. The highest BCUT2D eigenvalue weighted by Crippen LogP contribution is 2.31. The molecule has 2 N–H and O–H groups in total. The third kappa shape index (κ3) is 4.30. The minimum absolute atomic E-state index is 0.0305. The van der Waals surface area contributed by atoms with Crippen molar-refractivity contribution in [3.05, 3.63) is 80.2 Å². The van der Waals surface area contributed by atoms with Crippen molar-refractivity contribution < 1.29 is 29.2 Å². The van der Waals surface area contributed by atoms with E-state index in [-0.39, 0.29) is 21.7 Å². The Bertz CT molecular complexity index is 1060. The number of hydrazine groups is 1. The Hall–Kier alpha value is -3.99. The first-order chi connectivity index (χ1) is 13.8. The second kappa shape index (κ2) is 7.94. The van der Waals surface area contributed by atoms with Crippen molar-refractivity contribution in [3.8, 4) is 0 Å². The first kappa shape index (κ1) is 19.8. The van der Waals surface area contributed by atoms with Crippen LogP contribution in [0.5, 0.6) is 0 Å². The molecule has 1 aliphatic rings. The van der Waals surface area contributed by atoms with Crippen LogP contribution in [0.3, 0.4) is 0 Å². The van der Waals surface area contributed by atoms with Gasteiger partial charge in [0.1, 0.15) is 0 Å². The highest BCUT2D eigenvalue weighted by atomic mass is 32.2. The van der Waals surface area contributed by atoms with E-state index in [1.54, 1.807) is 0 Å². The Balaban J connectivity index is 1.73. The quantitative estimate of drug-likeness (QED) is 0.432. The number of hydrogen-bond acceptors (Lipinski definition) is 7. The molecule has 10 nitrogen and oxygen atoms in total. The molecule has 146 valence electrons. The number of rotatable bonds is 5. The average molecular weight is 413 g/mol. The maximum absolute atomic E-state index is 12.4. The number of aromatic carboxylic acids is 1. The van der Waals surface area contributed by atoms with E-state index in [4.69, 9.17) is 5.11 Å². The SMILES string of the molecule is O=C(O)c1ccc(/C=C2\SC(=O)N(NC(=O)c3ccc([N+](=O)[O-])cc3)C2=O)cc1. The number of nitro benzene ring substituents is 1. The zero-order chi connectivity index (χ0) is 21.1. The average Bonchev–Trinajstić information content (AvgIpc) is 2.95. The van der Waals surface area contributed by atoms with Gasteiger partial charge in [0.2, 0.25) is 0 Å². The predicted molar refractivity (Wildman–Crippen MR) is 102 cm³/mol. The Kier molecular flexibility index (Phi) is 5.41. The van der Waals surface area contributed by atoms with Crippen LogP contribution in [0.25, 0.3) is 6.08 Å². The van der Waals surface area contributed by atoms with Crippen LogP contribution in [0.1, 0.15) is 26.3 Å². The number of benzene rings is 2. The van der Waals surface area contributed by atoms with Crippen LogP contribution in [0.4, 0.5) is 10.5 Å². The molecule has 1 heterocycles. The topological polar surface area (TPSA) is 147 Å². The minimum atomic E-state index is -1.09. The lowest BCUT2D eigenvalue weighted by Crippen LogP contribution is -2.44. The Labute approximate surface area is 166 Å². The third-order valence-corrected chi connectivity index (χ3v) is 4.67. The van der Waals surface area contributed by atoms with Gasteiger partial charge in [0.05, 0.1) is 15.4 Å². The van der Waals surface area contributed by atoms with Gasteiger partial charge < -0.3 is 5.11 Å². The highest BCUT2D eigenvalue weighted by molar-refractivity contribution is 8.18. The van der Waals surface area contributed by atoms with Gasteiger partial charge in [-0.2, -0.15) is 5.01 Å². The zero-order valence-electron chi connectivity index (χ0n) is 14.4. The molecule has 0 radical (unpaired) electrons. The van der Waals surface area contributed by atoms with E-state index in [1.807, 2.05) is 0 Å². The van der Waals surface area contributed by atoms with E-state index < -0.39 is 27.9 Å². The fourth-order valence-corrected chi connectivity index (χ4v) is 3.12. The second-order valence-electron chi connectivity index (χ2n) is 5.69. The molecule has 0 aromatic heterocycles. The summed E-state index contributed by atoms with van der Waals surface area (Å²) < 4.78 is 0. The number of carboxylic acid groups (broad SMARTS) is 1. The Morgan fingerprint density at radius 3 is 2.17 bits per heavy atom. The minimum Gasteiger partial charge on any atom is -0.478 e. The second-order valence-corrected chi connectivity index (χ2v) is 6.68. The summed E-state index contributed by atoms with van der Waals surface area (Å²) in [4.78, 5) is 57.7. The number of thioether (sulfide) groups is 1. The van der Waals surface area contributed by atoms with E-state index in [2.05, 4.69) is 5.43 Å². The summed E-state index contributed by atoms with van der Waals surface area (Å²) >= 11 is 0.609. The third-order valence-electron chi connectivity index (χ3n) is 3.80. The smallest absolute Gasteiger partial charge is 0.335 e. The van der Waals surface area contributed by atoms with Crippen molar-refractivity contribution in [2.24, 2.45) is 0 Å². The first-order valence-corrected chi connectivity index (χ1v) is 8.74. The number of carbonyl (C=O) groups is 4. The fourth-order valence-electron chi connectivity index (χ4n) is 2.34. The van der Waals surface area contributed by atoms with Gasteiger partial charge in [-0.15, -0.1) is 0 Å². The number of hydrogen-bond donors (Lipinski definition) is 2. The number of non-ortho nitro benzene ring substituents is 1. The zero-order valence-corrected chi connectivity index (χ0v) is 15.2. The Morgan fingerprint density at radius 1 is 1.03 bits per heavy atom. The highest BCUT2D eigenvalue weighted by Gasteiger charge is 2.36. The predicted octanol–water partition coefficient (Wildman–Crippen LogP) is 2.67. The lowest BCUT2D eigenvalue weighted by molar-refractivity contribution is -0.384. The van der Waals surface area contributed by atoms with Gasteiger partial charge in [-0.25, -0.2) is 4.79 Å². The molecule has 3 amide bonds. The summed E-state index contributed by atoms with van der Waals surface area (Å²) in [5.41, 5.74) is 2.57. The molecular weight excluding hydrogens is 402 g/mol. The fraction of sp³-hybridized carbons (Fsp3) is 0. The number of nitrogens with zero attached hydrogens (tertiary/aromatic N) is 2. The summed E-state index contributed by atoms with van der Waals surface area (Å²) in [7, 11) is 0. The van der Waals surface area contributed by atoms with Crippen molar-refractivity contribution >= 4 is 46.5 Å². The first-order valence-electron chi connectivity index (χ1n) is 7.93. The molecular formula is C18H11N3O7S. The summed E-state index contributed by atoms with van der Waals surface area (Å²) in [6, 6.07) is 10.3. The van der Waals surface area contributed by atoms with Crippen molar-refractivity contribution in [1.82, 2.24) is 10.4 Å². The normalized spacial score (nSPS) is 14.9. The van der Waals surface area contributed by atoms with Gasteiger partial charge in [-0.1, -0.05) is 12.1 Å². The van der Waals surface area contributed by atoms with Crippen LogP contribution in [-0.2, 0) is 4.79 Å². The number of carboxylic acids is 1. The van der Waals surface area contributed by atoms with Crippen LogP contribution in [0.15, 0.2) is 53.4 Å². The van der Waals surface area contributed by atoms with Crippen LogP contribution in [0, 0.1) is 10.1 Å². The molecule has 0 aliphatic carbocycles. The lowest BCUT2D eigenvalue weighted by Gasteiger charge is -2.13. The van der Waals surface area contributed by atoms with E-state index >= 15 is 0 Å². The van der Waals surface area contributed by atoms with Gasteiger partial charge in [0.15, 0.2) is 0 Å². The Morgan fingerprint density at radius 2 is 1.62 bits per heavy atom. The largest absolute Gasteiger partial charge is 0.478 e. The van der Waals surface area contributed by atoms with Crippen molar-refractivity contribution in [2.45, 2.75) is 0 Å². The number of amides is 3. The molecule has 0 spiro atoms. The van der Waals surface area contributed by atoms with Gasteiger partial charge in [-0.3, -0.25) is 29.9 Å². The van der Waals surface area contributed by atoms with Gasteiger partial charge in [0.25, 0.3) is 17.5 Å². The maximum atomic E-state index is 12.4. The van der Waals surface area contributed by atoms with Crippen molar-refractivity contribution in [1.29, 1.82) is 0 Å². The van der Waals surface area contributed by atoms with E-state index in [1.165, 1.54) is 42.5 Å². The molecule has 0 saturated carbocycles. The monoisotopic (exact) mass is 413 g/mol. The summed E-state index contributed by atoms with van der Waals surface area (Å²) in [6.07, 6.45) is 1.40. The van der Waals surface area contributed by atoms with Crippen LogP contribution >= 0.6 is 11.8 Å². The summed E-state index contributed by atoms with van der Waals surface area (Å²) in [6.45, 7) is 0. The molecule has 0 unspecified atom stereocenters. The lowest BCUT2D eigenvalue weighted by atomic mass is 10.1. The van der Waals surface area contributed by atoms with Crippen LogP contribution < -0.4 is 5.43 Å². The molecule has 2 aromatic rings. The van der Waals surface area contributed by atoms with Crippen LogP contribution in [-0.4, -0.2) is 38.1 Å². The van der Waals surface area contributed by atoms with Gasteiger partial charge in [0, 0.05) is 17.7 Å². The van der Waals surface area contributed by atoms with E-state index in [9.17, 15) is 29.3 Å². The molecule has 3 rings (SSSR count). The number of carbonyl (C=O) groups excluding carboxylic acids is 3. The standard InChI is InChI=1S/C18H11N3O7S/c22-15(11-5-7-13(8-6-11)21(27)28)19-20-16(23)14(29-18(20)26)9-10-1-3-12(4-2-10)17(24)25/h1-9H,(H,19,22)(H,24,25)/b14-9-. The van der Waals surface area contributed by atoms with E-state index in [0.29, 0.717) is 22.3 Å². The number of nitrogens with one attached hydrogen (secondary N) is 1.